The summed E-state index contributed by atoms with van der Waals surface area (Å²) in [5, 5.41) is 10.9. The zero-order chi connectivity index (χ0) is 19.2. The first-order valence-electron chi connectivity index (χ1n) is 9.31. The number of carbonyl (C=O) groups is 1. The molecule has 0 aromatic heterocycles. The lowest BCUT2D eigenvalue weighted by atomic mass is 10.1. The van der Waals surface area contributed by atoms with Crippen molar-refractivity contribution in [1.82, 2.24) is 0 Å². The molecule has 0 saturated carbocycles. The Morgan fingerprint density at radius 3 is 2.38 bits per heavy atom. The van der Waals surface area contributed by atoms with E-state index in [-0.39, 0.29) is 0 Å². The van der Waals surface area contributed by atoms with Crippen molar-refractivity contribution in [3.05, 3.63) is 30.3 Å². The molecular weight excluding hydrogens is 368 g/mol. The Hall–Kier alpha value is -0.863. The molecule has 5 nitrogen and oxygen atoms in total. The van der Waals surface area contributed by atoms with Crippen LogP contribution in [-0.2, 0) is 18.7 Å². The second-order valence-corrected chi connectivity index (χ2v) is 12.5. The zero-order valence-corrected chi connectivity index (χ0v) is 17.8. The summed E-state index contributed by atoms with van der Waals surface area (Å²) in [7, 11) is -1.90. The molecule has 1 heterocycles. The average molecular weight is 399 g/mol. The first kappa shape index (κ1) is 21.4. The van der Waals surface area contributed by atoms with Gasteiger partial charge in [0.05, 0.1) is 12.7 Å². The maximum Gasteiger partial charge on any atom is 0.303 e. The van der Waals surface area contributed by atoms with Crippen LogP contribution in [0.1, 0.15) is 27.7 Å². The van der Waals surface area contributed by atoms with Crippen molar-refractivity contribution in [3.63, 3.8) is 0 Å². The summed E-state index contributed by atoms with van der Waals surface area (Å²) in [5.74, 6) is -0.429. The van der Waals surface area contributed by atoms with E-state index in [1.165, 1.54) is 18.7 Å². The fraction of sp³-hybridized carbons (Fsp3) is 0.632. The van der Waals surface area contributed by atoms with Gasteiger partial charge in [0.2, 0.25) is 0 Å². The van der Waals surface area contributed by atoms with Crippen LogP contribution in [0.25, 0.3) is 0 Å². The quantitative estimate of drug-likeness (QED) is 0.530. The number of hydrogen-bond acceptors (Lipinski definition) is 6. The lowest BCUT2D eigenvalue weighted by molar-refractivity contribution is -0.187. The van der Waals surface area contributed by atoms with Gasteiger partial charge in [-0.2, -0.15) is 0 Å². The Morgan fingerprint density at radius 1 is 1.23 bits per heavy atom. The summed E-state index contributed by atoms with van der Waals surface area (Å²) in [4.78, 5) is 12.6. The summed E-state index contributed by atoms with van der Waals surface area (Å²) >= 11 is 1.45. The van der Waals surface area contributed by atoms with Gasteiger partial charge in [0.15, 0.2) is 14.4 Å². The van der Waals surface area contributed by atoms with Gasteiger partial charge >= 0.3 is 5.97 Å². The van der Waals surface area contributed by atoms with Crippen LogP contribution in [0.5, 0.6) is 0 Å². The lowest BCUT2D eigenvalue weighted by Crippen LogP contribution is -2.57. The summed E-state index contributed by atoms with van der Waals surface area (Å²) in [6, 6.07) is 12.7. The molecule has 1 aromatic rings. The molecule has 1 aliphatic rings. The number of aliphatic hydroxyl groups excluding tert-OH is 1. The fourth-order valence-electron chi connectivity index (χ4n) is 3.23. The highest BCUT2D eigenvalue weighted by Crippen LogP contribution is 2.35. The third-order valence-corrected chi connectivity index (χ3v) is 10.9. The topological polar surface area (TPSA) is 65.0 Å². The highest BCUT2D eigenvalue weighted by atomic mass is 32.2. The van der Waals surface area contributed by atoms with Gasteiger partial charge in [-0.15, -0.1) is 0 Å². The van der Waals surface area contributed by atoms with Crippen LogP contribution in [0.2, 0.25) is 18.1 Å². The number of aliphatic hydroxyl groups is 1. The Morgan fingerprint density at radius 2 is 1.85 bits per heavy atom. The molecule has 26 heavy (non-hydrogen) atoms. The van der Waals surface area contributed by atoms with Gasteiger partial charge in [-0.3, -0.25) is 4.79 Å². The molecule has 0 unspecified atom stereocenters. The number of ether oxygens (including phenoxy) is 2. The van der Waals surface area contributed by atoms with E-state index in [1.807, 2.05) is 30.3 Å². The second-order valence-electron chi connectivity index (χ2n) is 6.60. The molecule has 0 bridgehead atoms. The normalized spacial score (nSPS) is 26.5. The number of hydrogen-bond donors (Lipinski definition) is 1. The Balaban J connectivity index is 2.14. The Bertz CT molecular complexity index is 558. The summed E-state index contributed by atoms with van der Waals surface area (Å²) < 4.78 is 17.8. The maximum atomic E-state index is 11.6. The maximum absolute atomic E-state index is 11.6. The summed E-state index contributed by atoms with van der Waals surface area (Å²) in [5.41, 5.74) is -0.461. The Kier molecular flexibility index (Phi) is 8.16. The molecule has 4 atom stereocenters. The molecule has 0 amide bonds. The van der Waals surface area contributed by atoms with E-state index in [0.29, 0.717) is 6.61 Å². The zero-order valence-electron chi connectivity index (χ0n) is 16.0. The van der Waals surface area contributed by atoms with E-state index < -0.39 is 38.0 Å². The van der Waals surface area contributed by atoms with Gasteiger partial charge in [0.1, 0.15) is 11.5 Å². The molecule has 1 aromatic carbocycles. The first-order valence-corrected chi connectivity index (χ1v) is 12.7. The van der Waals surface area contributed by atoms with Gasteiger partial charge in [-0.25, -0.2) is 0 Å². The van der Waals surface area contributed by atoms with Crippen molar-refractivity contribution in [2.45, 2.75) is 74.5 Å². The van der Waals surface area contributed by atoms with Gasteiger partial charge in [0, 0.05) is 11.8 Å². The molecule has 146 valence electrons. The van der Waals surface area contributed by atoms with Crippen LogP contribution in [-0.4, -0.2) is 49.7 Å². The van der Waals surface area contributed by atoms with Crippen molar-refractivity contribution in [3.8, 4) is 0 Å². The molecule has 0 aliphatic carbocycles. The molecule has 0 spiro atoms. The standard InChI is InChI=1S/C19H30O5SSi/c1-5-26(6-2,7-3)24-16-13-22-19(18(17(16)21)23-14(4)20)25-15-11-9-8-10-12-15/h8-12,16-19,21H,5-7,13H2,1-4H3/t16-,17-,18+,19-/m0/s1. The summed E-state index contributed by atoms with van der Waals surface area (Å²) in [6.45, 7) is 8.09. The molecule has 7 heteroatoms. The SMILES string of the molecule is CC[Si](CC)(CC)O[C@H]1CO[C@@H](Sc2ccccc2)[C@H](OC(C)=O)[C@H]1O. The van der Waals surface area contributed by atoms with Gasteiger partial charge in [0.25, 0.3) is 0 Å². The molecule has 1 fully saturated rings. The van der Waals surface area contributed by atoms with Crippen molar-refractivity contribution in [1.29, 1.82) is 0 Å². The minimum absolute atomic E-state index is 0.304. The third-order valence-electron chi connectivity index (χ3n) is 5.04. The van der Waals surface area contributed by atoms with Gasteiger partial charge in [-0.05, 0) is 30.3 Å². The predicted molar refractivity (Wildman–Crippen MR) is 106 cm³/mol. The van der Waals surface area contributed by atoms with Crippen molar-refractivity contribution >= 4 is 26.0 Å². The van der Waals surface area contributed by atoms with Crippen LogP contribution in [0.15, 0.2) is 35.2 Å². The fourth-order valence-corrected chi connectivity index (χ4v) is 7.16. The molecular formula is C19H30O5SSi. The number of carbonyl (C=O) groups excluding carboxylic acids is 1. The molecule has 1 N–H and O–H groups in total. The number of esters is 1. The van der Waals surface area contributed by atoms with Crippen molar-refractivity contribution < 1.29 is 23.8 Å². The van der Waals surface area contributed by atoms with E-state index in [0.717, 1.165) is 23.0 Å². The van der Waals surface area contributed by atoms with Crippen molar-refractivity contribution in [2.75, 3.05) is 6.61 Å². The number of benzene rings is 1. The molecule has 1 saturated heterocycles. The van der Waals surface area contributed by atoms with E-state index in [1.54, 1.807) is 0 Å². The van der Waals surface area contributed by atoms with Gasteiger partial charge < -0.3 is 19.0 Å². The molecule has 2 rings (SSSR count). The van der Waals surface area contributed by atoms with E-state index >= 15 is 0 Å². The monoisotopic (exact) mass is 398 g/mol. The van der Waals surface area contributed by atoms with Crippen molar-refractivity contribution in [2.24, 2.45) is 0 Å². The highest BCUT2D eigenvalue weighted by Gasteiger charge is 2.45. The largest absolute Gasteiger partial charge is 0.456 e. The third kappa shape index (κ3) is 5.33. The van der Waals surface area contributed by atoms with Crippen LogP contribution < -0.4 is 0 Å². The average Bonchev–Trinajstić information content (AvgIpc) is 2.65. The molecule has 0 radical (unpaired) electrons. The molecule has 1 aliphatic heterocycles. The number of thioether (sulfide) groups is 1. The minimum Gasteiger partial charge on any atom is -0.456 e. The van der Waals surface area contributed by atoms with Crippen LogP contribution >= 0.6 is 11.8 Å². The van der Waals surface area contributed by atoms with Crippen LogP contribution in [0.4, 0.5) is 0 Å². The lowest BCUT2D eigenvalue weighted by Gasteiger charge is -2.42. The van der Waals surface area contributed by atoms with E-state index in [4.69, 9.17) is 13.9 Å². The number of rotatable bonds is 8. The smallest absolute Gasteiger partial charge is 0.303 e. The Labute approximate surface area is 161 Å². The van der Waals surface area contributed by atoms with Crippen LogP contribution in [0, 0.1) is 0 Å². The highest BCUT2D eigenvalue weighted by molar-refractivity contribution is 7.99. The summed E-state index contributed by atoms with van der Waals surface area (Å²) in [6.07, 6.45) is -2.11. The van der Waals surface area contributed by atoms with Crippen LogP contribution in [0.3, 0.4) is 0 Å². The predicted octanol–water partition coefficient (Wildman–Crippen LogP) is 3.82. The van der Waals surface area contributed by atoms with E-state index in [2.05, 4.69) is 20.8 Å². The first-order chi connectivity index (χ1) is 12.4. The van der Waals surface area contributed by atoms with Gasteiger partial charge in [-0.1, -0.05) is 50.7 Å². The second kappa shape index (κ2) is 9.89. The minimum atomic E-state index is -1.90. The van der Waals surface area contributed by atoms with E-state index in [9.17, 15) is 9.90 Å².